The second-order valence-corrected chi connectivity index (χ2v) is 5.34. The molecule has 0 saturated heterocycles. The minimum atomic E-state index is -0.616. The molecule has 1 aromatic carbocycles. The Hall–Kier alpha value is -2.17. The third-order valence-corrected chi connectivity index (χ3v) is 3.97. The zero-order valence-electron chi connectivity index (χ0n) is 11.2. The average molecular weight is 273 g/mol. The van der Waals surface area contributed by atoms with Gasteiger partial charge < -0.3 is 5.32 Å². The molecule has 1 aliphatic carbocycles. The predicted molar refractivity (Wildman–Crippen MR) is 73.9 cm³/mol. The maximum Gasteiger partial charge on any atom is 0.236 e. The van der Waals surface area contributed by atoms with Crippen LogP contribution in [0.4, 0.5) is 10.2 Å². The number of H-pyrrole nitrogens is 1. The Morgan fingerprint density at radius 2 is 2.20 bits per heavy atom. The first-order valence-electron chi connectivity index (χ1n) is 6.70. The molecule has 0 unspecified atom stereocenters. The molecule has 4 nitrogen and oxygen atoms in total. The number of benzene rings is 1. The second kappa shape index (κ2) is 4.74. The molecule has 0 atom stereocenters. The van der Waals surface area contributed by atoms with Gasteiger partial charge in [0.2, 0.25) is 5.91 Å². The Balaban J connectivity index is 1.87. The summed E-state index contributed by atoms with van der Waals surface area (Å²) in [5, 5.41) is 9.61. The summed E-state index contributed by atoms with van der Waals surface area (Å²) in [7, 11) is 0. The Kier molecular flexibility index (Phi) is 3.04. The monoisotopic (exact) mass is 273 g/mol. The van der Waals surface area contributed by atoms with Gasteiger partial charge >= 0.3 is 0 Å². The third kappa shape index (κ3) is 2.09. The molecule has 1 aliphatic rings. The van der Waals surface area contributed by atoms with Gasteiger partial charge in [0.25, 0.3) is 0 Å². The van der Waals surface area contributed by atoms with Crippen LogP contribution in [-0.4, -0.2) is 16.1 Å². The van der Waals surface area contributed by atoms with Gasteiger partial charge in [-0.25, -0.2) is 4.39 Å². The lowest BCUT2D eigenvalue weighted by Crippen LogP contribution is -2.46. The number of hydrogen-bond donors (Lipinski definition) is 2. The fraction of sp³-hybridized carbons (Fsp3) is 0.333. The molecular weight excluding hydrogens is 257 g/mol. The molecule has 2 aromatic rings. The number of halogens is 1. The molecule has 0 bridgehead atoms. The largest absolute Gasteiger partial charge is 0.308 e. The number of hydrogen-bond acceptors (Lipinski definition) is 2. The zero-order chi connectivity index (χ0) is 14.2. The van der Waals surface area contributed by atoms with Gasteiger partial charge in [0.1, 0.15) is 5.82 Å². The minimum Gasteiger partial charge on any atom is -0.308 e. The number of rotatable bonds is 3. The van der Waals surface area contributed by atoms with Crippen LogP contribution >= 0.6 is 0 Å². The van der Waals surface area contributed by atoms with Gasteiger partial charge in [0.15, 0.2) is 5.82 Å². The molecule has 104 valence electrons. The van der Waals surface area contributed by atoms with Crippen molar-refractivity contribution in [3.8, 4) is 0 Å². The van der Waals surface area contributed by atoms with Gasteiger partial charge in [-0.3, -0.25) is 9.89 Å². The smallest absolute Gasteiger partial charge is 0.236 e. The molecule has 1 aromatic heterocycles. The molecule has 0 aliphatic heterocycles. The van der Waals surface area contributed by atoms with Gasteiger partial charge in [-0.2, -0.15) is 5.10 Å². The highest BCUT2D eigenvalue weighted by Gasteiger charge is 2.45. The van der Waals surface area contributed by atoms with Gasteiger partial charge in [-0.05, 0) is 37.5 Å². The van der Waals surface area contributed by atoms with Crippen molar-refractivity contribution in [3.05, 3.63) is 47.4 Å². The van der Waals surface area contributed by atoms with E-state index in [1.807, 2.05) is 13.0 Å². The molecule has 2 N–H and O–H groups in total. The van der Waals surface area contributed by atoms with E-state index in [1.54, 1.807) is 12.1 Å². The van der Waals surface area contributed by atoms with Crippen molar-refractivity contribution in [3.63, 3.8) is 0 Å². The van der Waals surface area contributed by atoms with Gasteiger partial charge in [-0.15, -0.1) is 0 Å². The summed E-state index contributed by atoms with van der Waals surface area (Å²) in [5.74, 6) is 0.0909. The molecule has 1 amide bonds. The molecule has 1 fully saturated rings. The van der Waals surface area contributed by atoms with E-state index in [1.165, 1.54) is 12.1 Å². The maximum absolute atomic E-state index is 13.4. The van der Waals surface area contributed by atoms with Crippen molar-refractivity contribution in [1.29, 1.82) is 0 Å². The first-order chi connectivity index (χ1) is 9.60. The predicted octanol–water partition coefficient (Wildman–Crippen LogP) is 2.92. The van der Waals surface area contributed by atoms with Crippen LogP contribution in [0, 0.1) is 12.7 Å². The molecular formula is C15H16FN3O. The van der Waals surface area contributed by atoms with E-state index in [0.717, 1.165) is 30.5 Å². The Labute approximate surface area is 116 Å². The first-order valence-corrected chi connectivity index (χ1v) is 6.70. The average Bonchev–Trinajstić information content (AvgIpc) is 2.73. The van der Waals surface area contributed by atoms with E-state index in [9.17, 15) is 9.18 Å². The van der Waals surface area contributed by atoms with Gasteiger partial charge in [0, 0.05) is 11.8 Å². The minimum absolute atomic E-state index is 0.110. The molecule has 20 heavy (non-hydrogen) atoms. The molecule has 1 heterocycles. The summed E-state index contributed by atoms with van der Waals surface area (Å²) in [6.07, 6.45) is 2.46. The fourth-order valence-corrected chi connectivity index (χ4v) is 2.68. The molecule has 1 saturated carbocycles. The van der Waals surface area contributed by atoms with Crippen molar-refractivity contribution in [1.82, 2.24) is 10.2 Å². The maximum atomic E-state index is 13.4. The number of carbonyl (C=O) groups is 1. The number of anilines is 1. The van der Waals surface area contributed by atoms with Crippen molar-refractivity contribution in [2.24, 2.45) is 0 Å². The highest BCUT2D eigenvalue weighted by Crippen LogP contribution is 2.44. The van der Waals surface area contributed by atoms with Crippen molar-refractivity contribution in [2.45, 2.75) is 31.6 Å². The number of carbonyl (C=O) groups excluding carboxylic acids is 1. The summed E-state index contributed by atoms with van der Waals surface area (Å²) in [5.41, 5.74) is 1.01. The van der Waals surface area contributed by atoms with E-state index in [-0.39, 0.29) is 11.7 Å². The van der Waals surface area contributed by atoms with Crippen LogP contribution < -0.4 is 5.32 Å². The Morgan fingerprint density at radius 3 is 2.75 bits per heavy atom. The lowest BCUT2D eigenvalue weighted by atomic mass is 9.64. The Bertz CT molecular complexity index is 646. The standard InChI is InChI=1S/C15H16FN3O/c1-10-8-13(19-18-10)17-14(20)15(6-3-7-15)11-4-2-5-12(16)9-11/h2,4-5,8-9H,3,6-7H2,1H3,(H2,17,18,19,20). The molecule has 5 heteroatoms. The summed E-state index contributed by atoms with van der Waals surface area (Å²) in [6, 6.07) is 8.09. The lowest BCUT2D eigenvalue weighted by molar-refractivity contribution is -0.124. The topological polar surface area (TPSA) is 57.8 Å². The molecule has 3 rings (SSSR count). The van der Waals surface area contributed by atoms with Gasteiger partial charge in [0.05, 0.1) is 5.41 Å². The quantitative estimate of drug-likeness (QED) is 0.903. The molecule has 0 spiro atoms. The normalized spacial score (nSPS) is 16.5. The number of amides is 1. The van der Waals surface area contributed by atoms with E-state index in [4.69, 9.17) is 0 Å². The zero-order valence-corrected chi connectivity index (χ0v) is 11.2. The SMILES string of the molecule is Cc1cc(NC(=O)C2(c3cccc(F)c3)CCC2)n[nH]1. The highest BCUT2D eigenvalue weighted by molar-refractivity contribution is 5.99. The summed E-state index contributed by atoms with van der Waals surface area (Å²) in [4.78, 5) is 12.6. The summed E-state index contributed by atoms with van der Waals surface area (Å²) < 4.78 is 13.4. The van der Waals surface area contributed by atoms with Crippen LogP contribution in [0.2, 0.25) is 0 Å². The fourth-order valence-electron chi connectivity index (χ4n) is 2.68. The van der Waals surface area contributed by atoms with E-state index in [0.29, 0.717) is 5.82 Å². The van der Waals surface area contributed by atoms with Gasteiger partial charge in [-0.1, -0.05) is 18.6 Å². The van der Waals surface area contributed by atoms with Crippen LogP contribution in [-0.2, 0) is 10.2 Å². The van der Waals surface area contributed by atoms with E-state index >= 15 is 0 Å². The number of nitrogens with one attached hydrogen (secondary N) is 2. The third-order valence-electron chi connectivity index (χ3n) is 3.97. The number of aromatic amines is 1. The van der Waals surface area contributed by atoms with Crippen LogP contribution in [0.1, 0.15) is 30.5 Å². The lowest BCUT2D eigenvalue weighted by Gasteiger charge is -2.40. The van der Waals surface area contributed by atoms with Crippen LogP contribution in [0.3, 0.4) is 0 Å². The number of aryl methyl sites for hydroxylation is 1. The Morgan fingerprint density at radius 1 is 1.40 bits per heavy atom. The first kappa shape index (κ1) is 12.8. The summed E-state index contributed by atoms with van der Waals surface area (Å²) >= 11 is 0. The van der Waals surface area contributed by atoms with Crippen LogP contribution in [0.5, 0.6) is 0 Å². The van der Waals surface area contributed by atoms with Crippen molar-refractivity contribution in [2.75, 3.05) is 5.32 Å². The van der Waals surface area contributed by atoms with Crippen molar-refractivity contribution >= 4 is 11.7 Å². The van der Waals surface area contributed by atoms with Crippen LogP contribution in [0.25, 0.3) is 0 Å². The number of aromatic nitrogens is 2. The second-order valence-electron chi connectivity index (χ2n) is 5.34. The van der Waals surface area contributed by atoms with Crippen molar-refractivity contribution < 1.29 is 9.18 Å². The molecule has 0 radical (unpaired) electrons. The van der Waals surface area contributed by atoms with E-state index < -0.39 is 5.41 Å². The van der Waals surface area contributed by atoms with E-state index in [2.05, 4.69) is 15.5 Å². The number of nitrogens with zero attached hydrogens (tertiary/aromatic N) is 1. The highest BCUT2D eigenvalue weighted by atomic mass is 19.1. The van der Waals surface area contributed by atoms with Crippen LogP contribution in [0.15, 0.2) is 30.3 Å². The summed E-state index contributed by atoms with van der Waals surface area (Å²) in [6.45, 7) is 1.87.